The van der Waals surface area contributed by atoms with Crippen LogP contribution in [0.4, 0.5) is 0 Å². The number of benzene rings is 2. The largest absolute Gasteiger partial charge is 0.508 e. The summed E-state index contributed by atoms with van der Waals surface area (Å²) in [5.74, 6) is 1.68. The second kappa shape index (κ2) is 8.99. The summed E-state index contributed by atoms with van der Waals surface area (Å²) in [6, 6.07) is 15.0. The Bertz CT molecular complexity index is 862. The normalized spacial score (nSPS) is 24.4. The highest BCUT2D eigenvalue weighted by Gasteiger charge is 2.36. The molecule has 160 valence electrons. The molecule has 30 heavy (non-hydrogen) atoms. The number of phenols is 1. The highest BCUT2D eigenvalue weighted by atomic mass is 16.5. The summed E-state index contributed by atoms with van der Waals surface area (Å²) >= 11 is 0. The van der Waals surface area contributed by atoms with E-state index in [0.717, 1.165) is 31.9 Å². The maximum atomic E-state index is 10.0. The van der Waals surface area contributed by atoms with Crippen LogP contribution in [0, 0.1) is 0 Å². The number of rotatable bonds is 6. The molecular weight excluding hydrogens is 372 g/mol. The van der Waals surface area contributed by atoms with E-state index in [1.54, 1.807) is 6.07 Å². The average Bonchev–Trinajstić information content (AvgIpc) is 3.26. The van der Waals surface area contributed by atoms with Crippen LogP contribution in [0.15, 0.2) is 42.5 Å². The lowest BCUT2D eigenvalue weighted by atomic mass is 9.81. The predicted molar refractivity (Wildman–Crippen MR) is 120 cm³/mol. The van der Waals surface area contributed by atoms with Gasteiger partial charge in [-0.25, -0.2) is 0 Å². The van der Waals surface area contributed by atoms with Crippen LogP contribution in [0.1, 0.15) is 67.2 Å². The van der Waals surface area contributed by atoms with Gasteiger partial charge >= 0.3 is 0 Å². The van der Waals surface area contributed by atoms with Crippen LogP contribution in [0.5, 0.6) is 11.5 Å². The van der Waals surface area contributed by atoms with Gasteiger partial charge in [-0.3, -0.25) is 4.90 Å². The monoisotopic (exact) mass is 406 g/mol. The number of nitrogens with zero attached hydrogens (tertiary/aromatic N) is 2. The van der Waals surface area contributed by atoms with Crippen molar-refractivity contribution in [2.75, 3.05) is 39.3 Å². The number of hydrogen-bond acceptors (Lipinski definition) is 4. The molecule has 0 unspecified atom stereocenters. The van der Waals surface area contributed by atoms with Crippen LogP contribution in [0.25, 0.3) is 0 Å². The molecule has 2 aromatic carbocycles. The number of hydrogen-bond donors (Lipinski definition) is 1. The van der Waals surface area contributed by atoms with Gasteiger partial charge in [0.1, 0.15) is 11.5 Å². The van der Waals surface area contributed by atoms with Gasteiger partial charge in [-0.15, -0.1) is 0 Å². The average molecular weight is 407 g/mol. The standard InChI is InChI=1S/C26H34N2O2/c29-21-8-4-7-20(17-21)25-19-28-15-5-9-26(28)24-18-22(10-11-23(24)25)30-16-6-14-27-12-2-1-3-13-27/h4,7-8,10-11,17-18,25-26,29H,1-3,5-6,9,12-16,19H2/t25-,26+/m1/s1. The topological polar surface area (TPSA) is 35.9 Å². The minimum Gasteiger partial charge on any atom is -0.508 e. The summed E-state index contributed by atoms with van der Waals surface area (Å²) in [4.78, 5) is 5.20. The molecule has 0 aromatic heterocycles. The lowest BCUT2D eigenvalue weighted by molar-refractivity contribution is 0.204. The second-order valence-electron chi connectivity index (χ2n) is 9.20. The zero-order valence-electron chi connectivity index (χ0n) is 17.9. The summed E-state index contributed by atoms with van der Waals surface area (Å²) in [5, 5.41) is 10.0. The van der Waals surface area contributed by atoms with Gasteiger partial charge in [0.25, 0.3) is 0 Å². The molecule has 0 saturated carbocycles. The van der Waals surface area contributed by atoms with E-state index in [-0.39, 0.29) is 0 Å². The smallest absolute Gasteiger partial charge is 0.119 e. The molecule has 2 aromatic rings. The van der Waals surface area contributed by atoms with Crippen molar-refractivity contribution in [3.8, 4) is 11.5 Å². The minimum atomic E-state index is 0.314. The van der Waals surface area contributed by atoms with Crippen molar-refractivity contribution in [1.29, 1.82) is 0 Å². The summed E-state index contributed by atoms with van der Waals surface area (Å²) < 4.78 is 6.19. The van der Waals surface area contributed by atoms with E-state index in [1.807, 2.05) is 12.1 Å². The molecule has 0 bridgehead atoms. The van der Waals surface area contributed by atoms with Crippen molar-refractivity contribution in [2.24, 2.45) is 0 Å². The fourth-order valence-electron chi connectivity index (χ4n) is 5.67. The molecule has 4 nitrogen and oxygen atoms in total. The Labute approximate surface area is 180 Å². The van der Waals surface area contributed by atoms with Crippen molar-refractivity contribution < 1.29 is 9.84 Å². The summed E-state index contributed by atoms with van der Waals surface area (Å²) in [7, 11) is 0. The number of ether oxygens (including phenoxy) is 1. The fraction of sp³-hybridized carbons (Fsp3) is 0.538. The maximum absolute atomic E-state index is 10.0. The van der Waals surface area contributed by atoms with Crippen LogP contribution in [0.2, 0.25) is 0 Å². The number of likely N-dealkylation sites (tertiary alicyclic amines) is 1. The molecule has 1 N–H and O–H groups in total. The van der Waals surface area contributed by atoms with Crippen LogP contribution < -0.4 is 4.74 Å². The first-order valence-electron chi connectivity index (χ1n) is 11.8. The van der Waals surface area contributed by atoms with Crippen molar-refractivity contribution in [1.82, 2.24) is 9.80 Å². The van der Waals surface area contributed by atoms with Crippen molar-refractivity contribution >= 4 is 0 Å². The Balaban J connectivity index is 1.30. The lowest BCUT2D eigenvalue weighted by Crippen LogP contribution is -2.34. The zero-order valence-corrected chi connectivity index (χ0v) is 17.9. The third kappa shape index (κ3) is 4.21. The zero-order chi connectivity index (χ0) is 20.3. The summed E-state index contributed by atoms with van der Waals surface area (Å²) in [6.07, 6.45) is 7.69. The quantitative estimate of drug-likeness (QED) is 0.690. The molecule has 3 aliphatic heterocycles. The van der Waals surface area contributed by atoms with E-state index < -0.39 is 0 Å². The molecule has 3 heterocycles. The van der Waals surface area contributed by atoms with Gasteiger partial charge in [-0.2, -0.15) is 0 Å². The van der Waals surface area contributed by atoms with Gasteiger partial charge in [-0.05, 0) is 92.7 Å². The van der Waals surface area contributed by atoms with E-state index in [9.17, 15) is 5.11 Å². The SMILES string of the molecule is Oc1cccc([C@H]2CN3CCC[C@H]3c3cc(OCCCN4CCCCC4)ccc32)c1. The molecule has 0 amide bonds. The first-order valence-corrected chi connectivity index (χ1v) is 11.8. The summed E-state index contributed by atoms with van der Waals surface area (Å²) in [6.45, 7) is 6.66. The van der Waals surface area contributed by atoms with E-state index in [4.69, 9.17) is 4.74 Å². The van der Waals surface area contributed by atoms with Crippen LogP contribution in [0.3, 0.4) is 0 Å². The molecule has 2 atom stereocenters. The Kier molecular flexibility index (Phi) is 5.96. The number of aromatic hydroxyl groups is 1. The van der Waals surface area contributed by atoms with Crippen molar-refractivity contribution in [2.45, 2.75) is 50.5 Å². The molecule has 5 rings (SSSR count). The van der Waals surface area contributed by atoms with Crippen molar-refractivity contribution in [3.05, 3.63) is 59.2 Å². The Morgan fingerprint density at radius 3 is 2.70 bits per heavy atom. The van der Waals surface area contributed by atoms with Gasteiger partial charge < -0.3 is 14.7 Å². The molecule has 4 heteroatoms. The number of piperidine rings is 1. The Morgan fingerprint density at radius 2 is 1.83 bits per heavy atom. The van der Waals surface area contributed by atoms with Gasteiger partial charge in [-0.1, -0.05) is 24.6 Å². The fourth-order valence-corrected chi connectivity index (χ4v) is 5.67. The Hall–Kier alpha value is -2.04. The minimum absolute atomic E-state index is 0.314. The predicted octanol–water partition coefficient (Wildman–Crippen LogP) is 4.93. The molecule has 0 spiro atoms. The summed E-state index contributed by atoms with van der Waals surface area (Å²) in [5.41, 5.74) is 4.04. The first kappa shape index (κ1) is 19.9. The highest BCUT2D eigenvalue weighted by molar-refractivity contribution is 5.47. The van der Waals surface area contributed by atoms with E-state index in [1.165, 1.54) is 68.4 Å². The third-order valence-corrected chi connectivity index (χ3v) is 7.18. The third-order valence-electron chi connectivity index (χ3n) is 7.18. The van der Waals surface area contributed by atoms with Crippen LogP contribution in [-0.4, -0.2) is 54.2 Å². The molecule has 0 radical (unpaired) electrons. The molecular formula is C26H34N2O2. The van der Waals surface area contributed by atoms with Gasteiger partial charge in [0.05, 0.1) is 6.61 Å². The van der Waals surface area contributed by atoms with Gasteiger partial charge in [0, 0.05) is 25.0 Å². The molecule has 3 aliphatic rings. The first-order chi connectivity index (χ1) is 14.8. The van der Waals surface area contributed by atoms with E-state index in [0.29, 0.717) is 17.7 Å². The van der Waals surface area contributed by atoms with Crippen molar-refractivity contribution in [3.63, 3.8) is 0 Å². The lowest BCUT2D eigenvalue weighted by Gasteiger charge is -2.37. The molecule has 2 fully saturated rings. The second-order valence-corrected chi connectivity index (χ2v) is 9.20. The van der Waals surface area contributed by atoms with Crippen LogP contribution in [-0.2, 0) is 0 Å². The maximum Gasteiger partial charge on any atom is 0.119 e. The van der Waals surface area contributed by atoms with Crippen LogP contribution >= 0.6 is 0 Å². The molecule has 2 saturated heterocycles. The van der Waals surface area contributed by atoms with E-state index in [2.05, 4.69) is 34.1 Å². The Morgan fingerprint density at radius 1 is 0.933 bits per heavy atom. The number of phenolic OH excluding ortho intramolecular Hbond substituents is 1. The van der Waals surface area contributed by atoms with Gasteiger partial charge in [0.2, 0.25) is 0 Å². The van der Waals surface area contributed by atoms with Gasteiger partial charge in [0.15, 0.2) is 0 Å². The number of fused-ring (bicyclic) bond motifs is 3. The highest BCUT2D eigenvalue weighted by Crippen LogP contribution is 2.45. The molecule has 0 aliphatic carbocycles. The van der Waals surface area contributed by atoms with E-state index >= 15 is 0 Å².